The zero-order valence-corrected chi connectivity index (χ0v) is 11.1. The summed E-state index contributed by atoms with van der Waals surface area (Å²) in [7, 11) is 2.07. The quantitative estimate of drug-likeness (QED) is 0.784. The van der Waals surface area contributed by atoms with Crippen LogP contribution < -0.4 is 5.73 Å². The largest absolute Gasteiger partial charge is 0.350 e. The lowest BCUT2D eigenvalue weighted by Gasteiger charge is -1.93. The van der Waals surface area contributed by atoms with E-state index in [4.69, 9.17) is 5.73 Å². The van der Waals surface area contributed by atoms with Gasteiger partial charge in [0.2, 0.25) is 0 Å². The summed E-state index contributed by atoms with van der Waals surface area (Å²) in [5.41, 5.74) is 9.07. The molecule has 0 saturated heterocycles. The van der Waals surface area contributed by atoms with Crippen LogP contribution in [-0.2, 0) is 13.5 Å². The number of aryl methyl sites for hydroxylation is 1. The van der Waals surface area contributed by atoms with Crippen molar-refractivity contribution in [2.75, 3.05) is 6.54 Å². The molecular weight excluding hydrogens is 242 g/mol. The predicted octanol–water partition coefficient (Wildman–Crippen LogP) is 2.80. The Kier molecular flexibility index (Phi) is 2.89. The van der Waals surface area contributed by atoms with Crippen molar-refractivity contribution in [3.63, 3.8) is 0 Å². The maximum atomic E-state index is 5.58. The highest BCUT2D eigenvalue weighted by Crippen LogP contribution is 2.30. The molecule has 0 aliphatic carbocycles. The van der Waals surface area contributed by atoms with Crippen molar-refractivity contribution in [2.45, 2.75) is 6.42 Å². The summed E-state index contributed by atoms with van der Waals surface area (Å²) < 4.78 is 6.69. The van der Waals surface area contributed by atoms with Gasteiger partial charge in [0, 0.05) is 34.6 Å². The molecule has 18 heavy (non-hydrogen) atoms. The van der Waals surface area contributed by atoms with E-state index in [1.54, 1.807) is 11.5 Å². The fourth-order valence-electron chi connectivity index (χ4n) is 2.25. The van der Waals surface area contributed by atoms with E-state index in [0.717, 1.165) is 12.1 Å². The van der Waals surface area contributed by atoms with E-state index in [2.05, 4.69) is 52.5 Å². The van der Waals surface area contributed by atoms with Gasteiger partial charge in [-0.3, -0.25) is 0 Å². The Morgan fingerprint density at radius 2 is 2.17 bits per heavy atom. The van der Waals surface area contributed by atoms with Crippen molar-refractivity contribution in [1.29, 1.82) is 0 Å². The summed E-state index contributed by atoms with van der Waals surface area (Å²) in [5.74, 6) is 0. The van der Waals surface area contributed by atoms with Gasteiger partial charge in [0.1, 0.15) is 0 Å². The number of hydrogen-bond donors (Lipinski definition) is 1. The number of rotatable bonds is 3. The Morgan fingerprint density at radius 1 is 1.33 bits per heavy atom. The van der Waals surface area contributed by atoms with Crippen LogP contribution in [0.15, 0.2) is 36.5 Å². The smallest absolute Gasteiger partial charge is 0.0865 e. The molecule has 0 fully saturated rings. The van der Waals surface area contributed by atoms with Crippen molar-refractivity contribution in [1.82, 2.24) is 8.94 Å². The summed E-state index contributed by atoms with van der Waals surface area (Å²) in [4.78, 5) is 1.25. The summed E-state index contributed by atoms with van der Waals surface area (Å²) in [5, 5.41) is 1.25. The van der Waals surface area contributed by atoms with Crippen molar-refractivity contribution in [2.24, 2.45) is 12.8 Å². The molecule has 0 amide bonds. The highest BCUT2D eigenvalue weighted by molar-refractivity contribution is 7.06. The maximum absolute atomic E-state index is 5.58. The van der Waals surface area contributed by atoms with Gasteiger partial charge in [-0.05, 0) is 36.6 Å². The van der Waals surface area contributed by atoms with Gasteiger partial charge in [-0.1, -0.05) is 18.2 Å². The molecule has 0 spiro atoms. The van der Waals surface area contributed by atoms with Gasteiger partial charge < -0.3 is 10.3 Å². The van der Waals surface area contributed by atoms with Gasteiger partial charge in [0.05, 0.1) is 5.69 Å². The van der Waals surface area contributed by atoms with E-state index in [0.29, 0.717) is 6.54 Å². The molecule has 0 bridgehead atoms. The van der Waals surface area contributed by atoms with E-state index in [9.17, 15) is 0 Å². The molecule has 0 atom stereocenters. The minimum absolute atomic E-state index is 0.678. The van der Waals surface area contributed by atoms with E-state index < -0.39 is 0 Å². The number of nitrogens with two attached hydrogens (primary N) is 1. The standard InChI is InChI=1S/C14H15N3S/c1-17-9-12(11-4-2-3-5-14(11)17)13-8-10(6-7-15)18-16-13/h2-5,8-9H,6-7,15H2,1H3. The zero-order chi connectivity index (χ0) is 12.5. The molecule has 0 aliphatic heterocycles. The average Bonchev–Trinajstić information content (AvgIpc) is 2.96. The Hall–Kier alpha value is -1.65. The van der Waals surface area contributed by atoms with Gasteiger partial charge in [-0.15, -0.1) is 0 Å². The number of fused-ring (bicyclic) bond motifs is 1. The van der Waals surface area contributed by atoms with Crippen LogP contribution >= 0.6 is 11.5 Å². The third-order valence-electron chi connectivity index (χ3n) is 3.12. The van der Waals surface area contributed by atoms with E-state index in [1.165, 1.54) is 21.3 Å². The van der Waals surface area contributed by atoms with Gasteiger partial charge in [-0.25, -0.2) is 0 Å². The second kappa shape index (κ2) is 4.55. The fourth-order valence-corrected chi connectivity index (χ4v) is 2.99. The van der Waals surface area contributed by atoms with Crippen LogP contribution in [-0.4, -0.2) is 15.5 Å². The van der Waals surface area contributed by atoms with Gasteiger partial charge in [-0.2, -0.15) is 4.37 Å². The van der Waals surface area contributed by atoms with Gasteiger partial charge in [0.15, 0.2) is 0 Å². The minimum Gasteiger partial charge on any atom is -0.350 e. The monoisotopic (exact) mass is 257 g/mol. The summed E-state index contributed by atoms with van der Waals surface area (Å²) in [6, 6.07) is 10.6. The minimum atomic E-state index is 0.678. The molecule has 1 aromatic carbocycles. The molecule has 0 saturated carbocycles. The summed E-state index contributed by atoms with van der Waals surface area (Å²) >= 11 is 1.55. The third-order valence-corrected chi connectivity index (χ3v) is 3.97. The number of nitrogens with zero attached hydrogens (tertiary/aromatic N) is 2. The Labute approximate surface area is 110 Å². The molecule has 2 N–H and O–H groups in total. The van der Waals surface area contributed by atoms with Gasteiger partial charge >= 0.3 is 0 Å². The number of hydrogen-bond acceptors (Lipinski definition) is 3. The van der Waals surface area contributed by atoms with Crippen LogP contribution in [0.3, 0.4) is 0 Å². The van der Waals surface area contributed by atoms with E-state index in [-0.39, 0.29) is 0 Å². The van der Waals surface area contributed by atoms with Crippen LogP contribution in [0.25, 0.3) is 22.2 Å². The first-order chi connectivity index (χ1) is 8.79. The van der Waals surface area contributed by atoms with Crippen LogP contribution in [0.4, 0.5) is 0 Å². The third kappa shape index (κ3) is 1.83. The Balaban J connectivity index is 2.13. The lowest BCUT2D eigenvalue weighted by molar-refractivity contribution is 0.969. The fraction of sp³-hybridized carbons (Fsp3) is 0.214. The zero-order valence-electron chi connectivity index (χ0n) is 10.3. The molecule has 0 unspecified atom stereocenters. The second-order valence-electron chi connectivity index (χ2n) is 4.39. The lowest BCUT2D eigenvalue weighted by Crippen LogP contribution is -2.00. The lowest BCUT2D eigenvalue weighted by atomic mass is 10.1. The van der Waals surface area contributed by atoms with Crippen molar-refractivity contribution in [3.8, 4) is 11.3 Å². The van der Waals surface area contributed by atoms with Crippen LogP contribution in [0, 0.1) is 0 Å². The highest BCUT2D eigenvalue weighted by atomic mass is 32.1. The topological polar surface area (TPSA) is 43.8 Å². The molecule has 4 heteroatoms. The first-order valence-electron chi connectivity index (χ1n) is 5.99. The SMILES string of the molecule is Cn1cc(-c2cc(CCN)sn2)c2ccccc21. The molecule has 0 aliphatic rings. The number of para-hydroxylation sites is 1. The molecule has 2 heterocycles. The first-order valence-corrected chi connectivity index (χ1v) is 6.77. The highest BCUT2D eigenvalue weighted by Gasteiger charge is 2.11. The maximum Gasteiger partial charge on any atom is 0.0865 e. The first kappa shape index (κ1) is 11.4. The summed E-state index contributed by atoms with van der Waals surface area (Å²) in [6.45, 7) is 0.678. The Morgan fingerprint density at radius 3 is 3.00 bits per heavy atom. The summed E-state index contributed by atoms with van der Waals surface area (Å²) in [6.07, 6.45) is 3.05. The molecular formula is C14H15N3S. The van der Waals surface area contributed by atoms with Crippen molar-refractivity contribution < 1.29 is 0 Å². The Bertz CT molecular complexity index is 681. The van der Waals surface area contributed by atoms with Gasteiger partial charge in [0.25, 0.3) is 0 Å². The average molecular weight is 257 g/mol. The van der Waals surface area contributed by atoms with Crippen LogP contribution in [0.5, 0.6) is 0 Å². The molecule has 3 aromatic rings. The van der Waals surface area contributed by atoms with Crippen LogP contribution in [0.1, 0.15) is 4.88 Å². The normalized spacial score (nSPS) is 11.2. The molecule has 3 rings (SSSR count). The van der Waals surface area contributed by atoms with E-state index >= 15 is 0 Å². The predicted molar refractivity (Wildman–Crippen MR) is 76.8 cm³/mol. The molecule has 2 aromatic heterocycles. The van der Waals surface area contributed by atoms with Crippen molar-refractivity contribution >= 4 is 22.4 Å². The second-order valence-corrected chi connectivity index (χ2v) is 5.28. The molecule has 3 nitrogen and oxygen atoms in total. The number of benzene rings is 1. The van der Waals surface area contributed by atoms with Crippen LogP contribution in [0.2, 0.25) is 0 Å². The van der Waals surface area contributed by atoms with Crippen molar-refractivity contribution in [3.05, 3.63) is 41.4 Å². The number of aromatic nitrogens is 2. The molecule has 0 radical (unpaired) electrons. The molecule has 92 valence electrons. The van der Waals surface area contributed by atoms with E-state index in [1.807, 2.05) is 0 Å².